The third-order valence-electron chi connectivity index (χ3n) is 2.33. The number of rotatable bonds is 4. The van der Waals surface area contributed by atoms with Crippen molar-refractivity contribution in [3.8, 4) is 6.07 Å². The van der Waals surface area contributed by atoms with Crippen molar-refractivity contribution in [1.29, 1.82) is 5.26 Å². The highest BCUT2D eigenvalue weighted by molar-refractivity contribution is 5.90. The van der Waals surface area contributed by atoms with Crippen molar-refractivity contribution in [1.82, 2.24) is 0 Å². The van der Waals surface area contributed by atoms with E-state index in [9.17, 15) is 13.6 Å². The van der Waals surface area contributed by atoms with E-state index in [1.54, 1.807) is 13.0 Å². The number of nitrogens with zero attached hydrogens (tertiary/aromatic N) is 1. The van der Waals surface area contributed by atoms with E-state index in [1.165, 1.54) is 6.07 Å². The van der Waals surface area contributed by atoms with Crippen molar-refractivity contribution in [3.05, 3.63) is 34.4 Å². The van der Waals surface area contributed by atoms with Crippen LogP contribution in [0.1, 0.15) is 40.4 Å². The zero-order chi connectivity index (χ0) is 13.7. The SMILES string of the molecule is CCOC(=O)c1cc(CN)c(C#N)c(C(F)F)c1. The summed E-state index contributed by atoms with van der Waals surface area (Å²) < 4.78 is 30.4. The second-order valence-electron chi connectivity index (χ2n) is 3.44. The summed E-state index contributed by atoms with van der Waals surface area (Å²) in [6, 6.07) is 3.96. The molecule has 0 fully saturated rings. The van der Waals surface area contributed by atoms with Crippen molar-refractivity contribution in [2.24, 2.45) is 5.73 Å². The lowest BCUT2D eigenvalue weighted by atomic mass is 9.98. The normalized spacial score (nSPS) is 10.2. The van der Waals surface area contributed by atoms with Gasteiger partial charge in [0, 0.05) is 12.1 Å². The molecule has 18 heavy (non-hydrogen) atoms. The summed E-state index contributed by atoms with van der Waals surface area (Å²) in [6.07, 6.45) is -2.85. The van der Waals surface area contributed by atoms with Crippen LogP contribution in [0.5, 0.6) is 0 Å². The molecule has 6 heteroatoms. The van der Waals surface area contributed by atoms with Crippen LogP contribution >= 0.6 is 0 Å². The standard InChI is InChI=1S/C12H12F2N2O2/c1-2-18-12(17)7-3-8(5-15)10(6-16)9(4-7)11(13)14/h3-4,11H,2,5,15H2,1H3. The molecule has 0 aromatic heterocycles. The molecule has 4 nitrogen and oxygen atoms in total. The van der Waals surface area contributed by atoms with Gasteiger partial charge in [-0.25, -0.2) is 13.6 Å². The second kappa shape index (κ2) is 6.07. The van der Waals surface area contributed by atoms with Crippen LogP contribution in [-0.4, -0.2) is 12.6 Å². The van der Waals surface area contributed by atoms with Gasteiger partial charge in [0.15, 0.2) is 0 Å². The van der Waals surface area contributed by atoms with E-state index in [4.69, 9.17) is 15.7 Å². The second-order valence-corrected chi connectivity index (χ2v) is 3.44. The number of nitrogens with two attached hydrogens (primary N) is 1. The number of esters is 1. The largest absolute Gasteiger partial charge is 0.462 e. The molecule has 0 saturated heterocycles. The average Bonchev–Trinajstić information content (AvgIpc) is 2.37. The van der Waals surface area contributed by atoms with Gasteiger partial charge in [-0.05, 0) is 24.6 Å². The molecule has 0 spiro atoms. The maximum Gasteiger partial charge on any atom is 0.338 e. The Morgan fingerprint density at radius 1 is 1.56 bits per heavy atom. The van der Waals surface area contributed by atoms with Crippen molar-refractivity contribution >= 4 is 5.97 Å². The molecule has 2 N–H and O–H groups in total. The molecule has 1 aromatic carbocycles. The number of halogens is 2. The Hall–Kier alpha value is -2.00. The number of ether oxygens (including phenoxy) is 1. The summed E-state index contributed by atoms with van der Waals surface area (Å²) in [6.45, 7) is 1.65. The van der Waals surface area contributed by atoms with Gasteiger partial charge in [0.1, 0.15) is 0 Å². The zero-order valence-electron chi connectivity index (χ0n) is 9.74. The van der Waals surface area contributed by atoms with Gasteiger partial charge in [0.25, 0.3) is 6.43 Å². The molecule has 0 heterocycles. The molecule has 1 rings (SSSR count). The highest BCUT2D eigenvalue weighted by Crippen LogP contribution is 2.27. The average molecular weight is 254 g/mol. The number of hydrogen-bond acceptors (Lipinski definition) is 4. The van der Waals surface area contributed by atoms with Crippen molar-refractivity contribution < 1.29 is 18.3 Å². The zero-order valence-corrected chi connectivity index (χ0v) is 9.74. The van der Waals surface area contributed by atoms with E-state index in [1.807, 2.05) is 0 Å². The van der Waals surface area contributed by atoms with Crippen molar-refractivity contribution in [2.75, 3.05) is 6.61 Å². The highest BCUT2D eigenvalue weighted by Gasteiger charge is 2.20. The predicted octanol–water partition coefficient (Wildman–Crippen LogP) is 2.13. The fourth-order valence-electron chi connectivity index (χ4n) is 1.53. The molecular formula is C12H12F2N2O2. The van der Waals surface area contributed by atoms with E-state index in [-0.39, 0.29) is 29.8 Å². The van der Waals surface area contributed by atoms with Crippen LogP contribution in [0.25, 0.3) is 0 Å². The van der Waals surface area contributed by atoms with Gasteiger partial charge in [0.2, 0.25) is 0 Å². The summed E-state index contributed by atoms with van der Waals surface area (Å²) in [5, 5.41) is 8.86. The Morgan fingerprint density at radius 3 is 2.67 bits per heavy atom. The Morgan fingerprint density at radius 2 is 2.22 bits per heavy atom. The van der Waals surface area contributed by atoms with E-state index < -0.39 is 18.0 Å². The van der Waals surface area contributed by atoms with E-state index >= 15 is 0 Å². The van der Waals surface area contributed by atoms with Gasteiger partial charge in [-0.2, -0.15) is 5.26 Å². The Labute approximate surface area is 103 Å². The van der Waals surface area contributed by atoms with Crippen LogP contribution in [-0.2, 0) is 11.3 Å². The molecule has 96 valence electrons. The molecule has 0 radical (unpaired) electrons. The fraction of sp³-hybridized carbons (Fsp3) is 0.333. The van der Waals surface area contributed by atoms with Crippen molar-refractivity contribution in [2.45, 2.75) is 19.9 Å². The number of benzene rings is 1. The third kappa shape index (κ3) is 2.81. The van der Waals surface area contributed by atoms with Gasteiger partial charge < -0.3 is 10.5 Å². The van der Waals surface area contributed by atoms with E-state index in [0.717, 1.165) is 6.07 Å². The van der Waals surface area contributed by atoms with Crippen LogP contribution in [0, 0.1) is 11.3 Å². The predicted molar refractivity (Wildman–Crippen MR) is 60.0 cm³/mol. The minimum atomic E-state index is -2.85. The molecule has 0 aliphatic rings. The first-order valence-corrected chi connectivity index (χ1v) is 5.27. The molecule has 0 aliphatic heterocycles. The van der Waals surface area contributed by atoms with Crippen molar-refractivity contribution in [3.63, 3.8) is 0 Å². The minimum Gasteiger partial charge on any atom is -0.462 e. The monoisotopic (exact) mass is 254 g/mol. The fourth-order valence-corrected chi connectivity index (χ4v) is 1.53. The van der Waals surface area contributed by atoms with Gasteiger partial charge in [-0.1, -0.05) is 0 Å². The smallest absolute Gasteiger partial charge is 0.338 e. The molecule has 0 unspecified atom stereocenters. The van der Waals surface area contributed by atoms with E-state index in [2.05, 4.69) is 0 Å². The maximum absolute atomic E-state index is 12.8. The number of alkyl halides is 2. The number of hydrogen-bond donors (Lipinski definition) is 1. The van der Waals surface area contributed by atoms with Gasteiger partial charge >= 0.3 is 5.97 Å². The lowest BCUT2D eigenvalue weighted by Gasteiger charge is -2.10. The molecule has 0 saturated carbocycles. The topological polar surface area (TPSA) is 76.1 Å². The Balaban J connectivity index is 3.37. The van der Waals surface area contributed by atoms with Gasteiger partial charge in [-0.15, -0.1) is 0 Å². The number of carbonyl (C=O) groups is 1. The molecule has 0 bridgehead atoms. The highest BCUT2D eigenvalue weighted by atomic mass is 19.3. The Kier molecular flexibility index (Phi) is 4.75. The first-order valence-electron chi connectivity index (χ1n) is 5.27. The first-order chi connectivity index (χ1) is 8.54. The summed E-state index contributed by atoms with van der Waals surface area (Å²) >= 11 is 0. The first kappa shape index (κ1) is 14.1. The molecule has 0 aliphatic carbocycles. The van der Waals surface area contributed by atoms with Crippen LogP contribution in [0.2, 0.25) is 0 Å². The quantitative estimate of drug-likeness (QED) is 0.835. The lowest BCUT2D eigenvalue weighted by Crippen LogP contribution is -2.10. The molecule has 1 aromatic rings. The maximum atomic E-state index is 12.8. The summed E-state index contributed by atoms with van der Waals surface area (Å²) in [5.41, 5.74) is 4.90. The number of nitriles is 1. The summed E-state index contributed by atoms with van der Waals surface area (Å²) in [4.78, 5) is 11.5. The van der Waals surface area contributed by atoms with Crippen LogP contribution in [0.4, 0.5) is 8.78 Å². The summed E-state index contributed by atoms with van der Waals surface area (Å²) in [7, 11) is 0. The van der Waals surface area contributed by atoms with E-state index in [0.29, 0.717) is 0 Å². The Bertz CT molecular complexity index is 496. The minimum absolute atomic E-state index is 0.0217. The third-order valence-corrected chi connectivity index (χ3v) is 2.33. The summed E-state index contributed by atoms with van der Waals surface area (Å²) in [5.74, 6) is -0.710. The van der Waals surface area contributed by atoms with Gasteiger partial charge in [0.05, 0.1) is 23.8 Å². The molecular weight excluding hydrogens is 242 g/mol. The van der Waals surface area contributed by atoms with Gasteiger partial charge in [-0.3, -0.25) is 0 Å². The van der Waals surface area contributed by atoms with Crippen LogP contribution in [0.3, 0.4) is 0 Å². The lowest BCUT2D eigenvalue weighted by molar-refractivity contribution is 0.0525. The molecule has 0 atom stereocenters. The number of carbonyl (C=O) groups excluding carboxylic acids is 1. The van der Waals surface area contributed by atoms with Crippen LogP contribution < -0.4 is 5.73 Å². The van der Waals surface area contributed by atoms with Crippen LogP contribution in [0.15, 0.2) is 12.1 Å². The molecule has 0 amide bonds.